The van der Waals surface area contributed by atoms with Gasteiger partial charge in [0.1, 0.15) is 0 Å². The average molecular weight is 291 g/mol. The number of carbonyl (C=O) groups excluding carboxylic acids is 1. The van der Waals surface area contributed by atoms with Gasteiger partial charge in [0.15, 0.2) is 0 Å². The Balaban J connectivity index is 2.21. The summed E-state index contributed by atoms with van der Waals surface area (Å²) < 4.78 is 1.54. The van der Waals surface area contributed by atoms with Crippen molar-refractivity contribution in [3.63, 3.8) is 0 Å². The van der Waals surface area contributed by atoms with Gasteiger partial charge in [0.25, 0.3) is 5.91 Å². The van der Waals surface area contributed by atoms with Crippen molar-refractivity contribution < 1.29 is 4.79 Å². The van der Waals surface area contributed by atoms with Crippen molar-refractivity contribution in [3.05, 3.63) is 51.8 Å². The zero-order valence-corrected chi connectivity index (χ0v) is 12.9. The molecule has 0 spiro atoms. The Bertz CT molecular complexity index is 614. The molecule has 0 aliphatic rings. The van der Waals surface area contributed by atoms with Crippen LogP contribution in [0, 0.1) is 13.8 Å². The quantitative estimate of drug-likeness (QED) is 0.853. The number of aryl methyl sites for hydroxylation is 1. The molecule has 0 radical (unpaired) electrons. The topological polar surface area (TPSA) is 34.9 Å². The van der Waals surface area contributed by atoms with Gasteiger partial charge in [-0.25, -0.2) is 4.68 Å². The first-order valence-corrected chi connectivity index (χ1v) is 7.23. The van der Waals surface area contributed by atoms with Crippen molar-refractivity contribution in [2.75, 3.05) is 0 Å². The van der Waals surface area contributed by atoms with Crippen molar-refractivity contribution in [2.24, 2.45) is 0 Å². The Kier molecular flexibility index (Phi) is 4.61. The molecule has 0 saturated heterocycles. The van der Waals surface area contributed by atoms with Crippen molar-refractivity contribution in [3.8, 4) is 0 Å². The van der Waals surface area contributed by atoms with E-state index in [2.05, 4.69) is 12.0 Å². The predicted octanol–water partition coefficient (Wildman–Crippen LogP) is 3.99. The maximum atomic E-state index is 12.4. The van der Waals surface area contributed by atoms with E-state index < -0.39 is 0 Å². The van der Waals surface area contributed by atoms with Crippen LogP contribution < -0.4 is 0 Å². The van der Waals surface area contributed by atoms with Crippen molar-refractivity contribution in [2.45, 2.75) is 40.0 Å². The van der Waals surface area contributed by atoms with E-state index >= 15 is 0 Å². The van der Waals surface area contributed by atoms with Crippen molar-refractivity contribution in [1.82, 2.24) is 9.78 Å². The van der Waals surface area contributed by atoms with E-state index in [0.717, 1.165) is 29.8 Å². The van der Waals surface area contributed by atoms with E-state index in [-0.39, 0.29) is 5.91 Å². The molecule has 4 heteroatoms. The molecule has 0 aliphatic heterocycles. The minimum absolute atomic E-state index is 0.00437. The number of halogens is 1. The summed E-state index contributed by atoms with van der Waals surface area (Å²) in [5.41, 5.74) is 4.05. The monoisotopic (exact) mass is 290 g/mol. The molecule has 0 amide bonds. The van der Waals surface area contributed by atoms with Crippen LogP contribution in [0.15, 0.2) is 24.3 Å². The Morgan fingerprint density at radius 1 is 1.25 bits per heavy atom. The summed E-state index contributed by atoms with van der Waals surface area (Å²) >= 11 is 5.85. The van der Waals surface area contributed by atoms with E-state index in [9.17, 15) is 4.79 Å². The third-order valence-corrected chi connectivity index (χ3v) is 3.70. The molecule has 0 N–H and O–H groups in total. The smallest absolute Gasteiger partial charge is 0.251 e. The molecule has 1 aromatic carbocycles. The van der Waals surface area contributed by atoms with Gasteiger partial charge >= 0.3 is 0 Å². The molecular formula is C16H19ClN2O. The van der Waals surface area contributed by atoms with Gasteiger partial charge in [-0.3, -0.25) is 4.79 Å². The fourth-order valence-electron chi connectivity index (χ4n) is 2.38. The number of rotatable bonds is 4. The molecule has 106 valence electrons. The lowest BCUT2D eigenvalue weighted by Gasteiger charge is -2.04. The second-order valence-corrected chi connectivity index (χ2v) is 5.44. The number of carbonyl (C=O) groups is 1. The third kappa shape index (κ3) is 3.10. The minimum Gasteiger partial charge on any atom is -0.272 e. The average Bonchev–Trinajstić information content (AvgIpc) is 2.70. The maximum absolute atomic E-state index is 12.4. The van der Waals surface area contributed by atoms with Gasteiger partial charge < -0.3 is 0 Å². The summed E-state index contributed by atoms with van der Waals surface area (Å²) in [5, 5.41) is 5.06. The normalized spacial score (nSPS) is 10.8. The first-order chi connectivity index (χ1) is 9.52. The predicted molar refractivity (Wildman–Crippen MR) is 81.5 cm³/mol. The Hall–Kier alpha value is -1.61. The number of aromatic nitrogens is 2. The summed E-state index contributed by atoms with van der Waals surface area (Å²) in [7, 11) is 0. The van der Waals surface area contributed by atoms with E-state index in [1.54, 1.807) is 12.1 Å². The van der Waals surface area contributed by atoms with Gasteiger partial charge in [0.05, 0.1) is 12.1 Å². The highest BCUT2D eigenvalue weighted by atomic mass is 35.5. The highest BCUT2D eigenvalue weighted by Crippen LogP contribution is 2.16. The molecular weight excluding hydrogens is 272 g/mol. The maximum Gasteiger partial charge on any atom is 0.251 e. The molecule has 20 heavy (non-hydrogen) atoms. The van der Waals surface area contributed by atoms with E-state index in [1.165, 1.54) is 10.2 Å². The number of hydrogen-bond acceptors (Lipinski definition) is 2. The Morgan fingerprint density at radius 2 is 1.90 bits per heavy atom. The highest BCUT2D eigenvalue weighted by molar-refractivity contribution is 6.30. The van der Waals surface area contributed by atoms with Crippen LogP contribution >= 0.6 is 11.6 Å². The second-order valence-electron chi connectivity index (χ2n) is 5.01. The third-order valence-electron chi connectivity index (χ3n) is 3.45. The molecule has 0 aliphatic carbocycles. The molecule has 0 bridgehead atoms. The van der Waals surface area contributed by atoms with E-state index in [1.807, 2.05) is 26.0 Å². The van der Waals surface area contributed by atoms with Gasteiger partial charge in [0.2, 0.25) is 0 Å². The highest BCUT2D eigenvalue weighted by Gasteiger charge is 2.16. The second kappa shape index (κ2) is 6.23. The molecule has 2 aromatic rings. The fraction of sp³-hybridized carbons (Fsp3) is 0.375. The molecule has 2 rings (SSSR count). The SMILES string of the molecule is CCCc1c(C)nn(C(=O)Cc2ccc(Cl)cc2)c1C. The van der Waals surface area contributed by atoms with Gasteiger partial charge in [0, 0.05) is 10.7 Å². The number of hydrogen-bond donors (Lipinski definition) is 0. The lowest BCUT2D eigenvalue weighted by atomic mass is 10.1. The molecule has 1 aromatic heterocycles. The summed E-state index contributed by atoms with van der Waals surface area (Å²) in [6.07, 6.45) is 2.36. The van der Waals surface area contributed by atoms with Gasteiger partial charge in [-0.2, -0.15) is 5.10 Å². The van der Waals surface area contributed by atoms with Crippen LogP contribution in [-0.4, -0.2) is 15.7 Å². The first-order valence-electron chi connectivity index (χ1n) is 6.85. The Labute approximate surface area is 124 Å². The van der Waals surface area contributed by atoms with Gasteiger partial charge in [-0.15, -0.1) is 0 Å². The molecule has 0 atom stereocenters. The largest absolute Gasteiger partial charge is 0.272 e. The molecule has 0 unspecified atom stereocenters. The number of benzene rings is 1. The van der Waals surface area contributed by atoms with E-state index in [0.29, 0.717) is 11.4 Å². The van der Waals surface area contributed by atoms with E-state index in [4.69, 9.17) is 11.6 Å². The van der Waals surface area contributed by atoms with Crippen LogP contribution in [0.5, 0.6) is 0 Å². The van der Waals surface area contributed by atoms with Crippen LogP contribution in [0.25, 0.3) is 0 Å². The van der Waals surface area contributed by atoms with Gasteiger partial charge in [-0.1, -0.05) is 37.1 Å². The first kappa shape index (κ1) is 14.8. The molecule has 0 fully saturated rings. The van der Waals surface area contributed by atoms with Crippen LogP contribution in [-0.2, 0) is 12.8 Å². The fourth-order valence-corrected chi connectivity index (χ4v) is 2.51. The lowest BCUT2D eigenvalue weighted by molar-refractivity contribution is 0.0895. The van der Waals surface area contributed by atoms with Crippen LogP contribution in [0.4, 0.5) is 0 Å². The van der Waals surface area contributed by atoms with Crippen molar-refractivity contribution >= 4 is 17.5 Å². The van der Waals surface area contributed by atoms with Crippen LogP contribution in [0.2, 0.25) is 5.02 Å². The van der Waals surface area contributed by atoms with Gasteiger partial charge in [-0.05, 0) is 43.5 Å². The standard InChI is InChI=1S/C16H19ClN2O/c1-4-5-15-11(2)18-19(12(15)3)16(20)10-13-6-8-14(17)9-7-13/h6-9H,4-5,10H2,1-3H3. The zero-order chi connectivity index (χ0) is 14.7. The lowest BCUT2D eigenvalue weighted by Crippen LogP contribution is -2.16. The van der Waals surface area contributed by atoms with Crippen LogP contribution in [0.3, 0.4) is 0 Å². The molecule has 3 nitrogen and oxygen atoms in total. The number of nitrogens with zero attached hydrogens (tertiary/aromatic N) is 2. The molecule has 1 heterocycles. The zero-order valence-electron chi connectivity index (χ0n) is 12.1. The summed E-state index contributed by atoms with van der Waals surface area (Å²) in [6.45, 7) is 6.06. The van der Waals surface area contributed by atoms with Crippen molar-refractivity contribution in [1.29, 1.82) is 0 Å². The molecule has 0 saturated carbocycles. The Morgan fingerprint density at radius 3 is 2.50 bits per heavy atom. The summed E-state index contributed by atoms with van der Waals surface area (Å²) in [4.78, 5) is 12.4. The summed E-state index contributed by atoms with van der Waals surface area (Å²) in [6, 6.07) is 7.35. The minimum atomic E-state index is -0.00437. The summed E-state index contributed by atoms with van der Waals surface area (Å²) in [5.74, 6) is -0.00437. The van der Waals surface area contributed by atoms with Crippen LogP contribution in [0.1, 0.15) is 40.7 Å².